The summed E-state index contributed by atoms with van der Waals surface area (Å²) in [6, 6.07) is 7.13. The Bertz CT molecular complexity index is 625. The second kappa shape index (κ2) is 5.96. The molecule has 3 rings (SSSR count). The molecule has 1 aromatic rings. The molecular weight excluding hydrogens is 281 g/mol. The molecule has 2 saturated heterocycles. The number of halogens is 1. The first-order chi connectivity index (χ1) is 10.6. The molecule has 0 aliphatic carbocycles. The van der Waals surface area contributed by atoms with E-state index < -0.39 is 5.82 Å². The quantitative estimate of drug-likeness (QED) is 0.844. The molecule has 2 atom stereocenters. The van der Waals surface area contributed by atoms with Gasteiger partial charge in [0.2, 0.25) is 5.91 Å². The van der Waals surface area contributed by atoms with Gasteiger partial charge in [0.15, 0.2) is 0 Å². The van der Waals surface area contributed by atoms with Crippen molar-refractivity contribution in [3.8, 4) is 6.07 Å². The number of carbonyl (C=O) groups is 1. The van der Waals surface area contributed by atoms with Gasteiger partial charge in [-0.15, -0.1) is 0 Å². The van der Waals surface area contributed by atoms with E-state index in [0.29, 0.717) is 5.69 Å². The fraction of sp³-hybridized carbons (Fsp3) is 0.529. The van der Waals surface area contributed by atoms with Gasteiger partial charge in [-0.1, -0.05) is 6.07 Å². The lowest BCUT2D eigenvalue weighted by molar-refractivity contribution is -0.129. The van der Waals surface area contributed by atoms with Crippen molar-refractivity contribution in [1.29, 1.82) is 5.26 Å². The van der Waals surface area contributed by atoms with E-state index >= 15 is 0 Å². The molecule has 0 bridgehead atoms. The van der Waals surface area contributed by atoms with E-state index in [2.05, 4.69) is 4.90 Å². The number of nitrogens with zero attached hydrogens (tertiary/aromatic N) is 3. The molecule has 1 amide bonds. The molecule has 5 heteroatoms. The predicted octanol–water partition coefficient (Wildman–Crippen LogP) is 2.68. The van der Waals surface area contributed by atoms with E-state index in [4.69, 9.17) is 0 Å². The van der Waals surface area contributed by atoms with Gasteiger partial charge in [-0.2, -0.15) is 5.26 Å². The van der Waals surface area contributed by atoms with Gasteiger partial charge in [0.25, 0.3) is 0 Å². The van der Waals surface area contributed by atoms with E-state index in [1.807, 2.05) is 17.0 Å². The summed E-state index contributed by atoms with van der Waals surface area (Å²) in [4.78, 5) is 15.9. The van der Waals surface area contributed by atoms with Crippen LogP contribution >= 0.6 is 0 Å². The molecule has 0 radical (unpaired) electrons. The second-order valence-electron chi connectivity index (χ2n) is 6.07. The SMILES string of the molecule is CC(=O)N1CCC[C@H]1[C@H]1CCCN1c1cccc(F)c1C#N. The fourth-order valence-corrected chi connectivity index (χ4v) is 3.94. The van der Waals surface area contributed by atoms with Crippen LogP contribution in [0.25, 0.3) is 0 Å². The molecule has 4 nitrogen and oxygen atoms in total. The fourth-order valence-electron chi connectivity index (χ4n) is 3.94. The van der Waals surface area contributed by atoms with Gasteiger partial charge >= 0.3 is 0 Å². The number of carbonyl (C=O) groups excluding carboxylic acids is 1. The molecule has 0 spiro atoms. The molecule has 2 aliphatic heterocycles. The van der Waals surface area contributed by atoms with E-state index in [0.717, 1.165) is 38.8 Å². The molecule has 0 unspecified atom stereocenters. The molecule has 2 heterocycles. The number of likely N-dealkylation sites (tertiary alicyclic amines) is 1. The van der Waals surface area contributed by atoms with Crippen LogP contribution in [0.4, 0.5) is 10.1 Å². The molecule has 2 fully saturated rings. The molecule has 0 saturated carbocycles. The van der Waals surface area contributed by atoms with Crippen molar-refractivity contribution in [2.24, 2.45) is 0 Å². The average molecular weight is 301 g/mol. The lowest BCUT2D eigenvalue weighted by Crippen LogP contribution is -2.48. The maximum atomic E-state index is 13.9. The van der Waals surface area contributed by atoms with E-state index in [1.165, 1.54) is 6.07 Å². The summed E-state index contributed by atoms with van der Waals surface area (Å²) in [6.45, 7) is 3.23. The Balaban J connectivity index is 1.93. The van der Waals surface area contributed by atoms with Gasteiger partial charge in [-0.3, -0.25) is 4.79 Å². The van der Waals surface area contributed by atoms with Gasteiger partial charge in [0, 0.05) is 26.1 Å². The summed E-state index contributed by atoms with van der Waals surface area (Å²) < 4.78 is 13.9. The van der Waals surface area contributed by atoms with Crippen LogP contribution in [0.3, 0.4) is 0 Å². The van der Waals surface area contributed by atoms with Crippen molar-refractivity contribution in [2.45, 2.75) is 44.7 Å². The highest BCUT2D eigenvalue weighted by molar-refractivity contribution is 5.74. The molecule has 2 aliphatic rings. The van der Waals surface area contributed by atoms with Gasteiger partial charge < -0.3 is 9.80 Å². The van der Waals surface area contributed by atoms with Crippen molar-refractivity contribution >= 4 is 11.6 Å². The van der Waals surface area contributed by atoms with Crippen LogP contribution in [-0.2, 0) is 4.79 Å². The molecule has 0 aromatic heterocycles. The Hall–Kier alpha value is -2.09. The predicted molar refractivity (Wildman–Crippen MR) is 81.9 cm³/mol. The van der Waals surface area contributed by atoms with Crippen molar-refractivity contribution < 1.29 is 9.18 Å². The first-order valence-corrected chi connectivity index (χ1v) is 7.86. The summed E-state index contributed by atoms with van der Waals surface area (Å²) in [5.41, 5.74) is 0.780. The molecule has 0 N–H and O–H groups in total. The third-order valence-corrected chi connectivity index (χ3v) is 4.86. The summed E-state index contributed by atoms with van der Waals surface area (Å²) in [7, 11) is 0. The minimum atomic E-state index is -0.472. The summed E-state index contributed by atoms with van der Waals surface area (Å²) in [6.07, 6.45) is 3.99. The number of anilines is 1. The van der Waals surface area contributed by atoms with Crippen molar-refractivity contribution in [2.75, 3.05) is 18.0 Å². The lowest BCUT2D eigenvalue weighted by Gasteiger charge is -2.36. The van der Waals surface area contributed by atoms with Crippen LogP contribution in [0.5, 0.6) is 0 Å². The Labute approximate surface area is 130 Å². The maximum Gasteiger partial charge on any atom is 0.219 e. The van der Waals surface area contributed by atoms with Crippen LogP contribution in [0.1, 0.15) is 38.2 Å². The normalized spacial score (nSPS) is 24.6. The lowest BCUT2D eigenvalue weighted by atomic mass is 10.0. The minimum absolute atomic E-state index is 0.106. The standard InChI is InChI=1S/C17H20FN3O/c1-12(22)20-9-3-7-16(20)17-8-4-10-21(17)15-6-2-5-14(18)13(15)11-19/h2,5-6,16-17H,3-4,7-10H2,1H3/t16-,17+/m0/s1. The Kier molecular flexibility index (Phi) is 4.02. The van der Waals surface area contributed by atoms with Crippen LogP contribution in [0.15, 0.2) is 18.2 Å². The van der Waals surface area contributed by atoms with E-state index in [1.54, 1.807) is 13.0 Å². The summed E-state index contributed by atoms with van der Waals surface area (Å²) in [5.74, 6) is -0.366. The Morgan fingerprint density at radius 1 is 1.27 bits per heavy atom. The number of benzene rings is 1. The smallest absolute Gasteiger partial charge is 0.219 e. The van der Waals surface area contributed by atoms with Gasteiger partial charge in [0.05, 0.1) is 11.7 Å². The number of hydrogen-bond donors (Lipinski definition) is 0. The van der Waals surface area contributed by atoms with E-state index in [9.17, 15) is 14.4 Å². The topological polar surface area (TPSA) is 47.3 Å². The van der Waals surface area contributed by atoms with Crippen molar-refractivity contribution in [1.82, 2.24) is 4.90 Å². The Morgan fingerprint density at radius 2 is 2.00 bits per heavy atom. The van der Waals surface area contributed by atoms with Gasteiger partial charge in [-0.25, -0.2) is 4.39 Å². The highest BCUT2D eigenvalue weighted by atomic mass is 19.1. The summed E-state index contributed by atoms with van der Waals surface area (Å²) >= 11 is 0. The number of nitriles is 1. The van der Waals surface area contributed by atoms with Crippen LogP contribution in [0.2, 0.25) is 0 Å². The average Bonchev–Trinajstić information content (AvgIpc) is 3.15. The highest BCUT2D eigenvalue weighted by Crippen LogP contribution is 2.35. The molecule has 1 aromatic carbocycles. The van der Waals surface area contributed by atoms with E-state index in [-0.39, 0.29) is 23.6 Å². The zero-order valence-electron chi connectivity index (χ0n) is 12.8. The monoisotopic (exact) mass is 301 g/mol. The maximum absolute atomic E-state index is 13.9. The van der Waals surface area contributed by atoms with Crippen molar-refractivity contribution in [3.05, 3.63) is 29.6 Å². The zero-order chi connectivity index (χ0) is 15.7. The number of rotatable bonds is 2. The summed E-state index contributed by atoms with van der Waals surface area (Å²) in [5, 5.41) is 9.27. The minimum Gasteiger partial charge on any atom is -0.365 e. The van der Waals surface area contributed by atoms with Gasteiger partial charge in [0.1, 0.15) is 17.4 Å². The third-order valence-electron chi connectivity index (χ3n) is 4.86. The van der Waals surface area contributed by atoms with Crippen LogP contribution < -0.4 is 4.90 Å². The van der Waals surface area contributed by atoms with Gasteiger partial charge in [-0.05, 0) is 37.8 Å². The highest BCUT2D eigenvalue weighted by Gasteiger charge is 2.39. The largest absolute Gasteiger partial charge is 0.365 e. The number of amides is 1. The third kappa shape index (κ3) is 2.43. The van der Waals surface area contributed by atoms with Crippen LogP contribution in [0, 0.1) is 17.1 Å². The Morgan fingerprint density at radius 3 is 2.73 bits per heavy atom. The molecular formula is C17H20FN3O. The molecule has 22 heavy (non-hydrogen) atoms. The molecule has 116 valence electrons. The van der Waals surface area contributed by atoms with Crippen LogP contribution in [-0.4, -0.2) is 36.0 Å². The zero-order valence-corrected chi connectivity index (χ0v) is 12.8. The number of hydrogen-bond acceptors (Lipinski definition) is 3. The second-order valence-corrected chi connectivity index (χ2v) is 6.07. The van der Waals surface area contributed by atoms with Crippen molar-refractivity contribution in [3.63, 3.8) is 0 Å². The first-order valence-electron chi connectivity index (χ1n) is 7.86. The first kappa shape index (κ1) is 14.8.